The molecule has 0 spiro atoms. The molecule has 0 heterocycles. The van der Waals surface area contributed by atoms with Gasteiger partial charge in [-0.2, -0.15) is 0 Å². The Kier molecular flexibility index (Phi) is 6.77. The summed E-state index contributed by atoms with van der Waals surface area (Å²) in [6.45, 7) is 2.50. The van der Waals surface area contributed by atoms with Gasteiger partial charge in [0.1, 0.15) is 12.4 Å². The number of thiocarbonyl (C=S) groups is 1. The molecule has 1 atom stereocenters. The predicted molar refractivity (Wildman–Crippen MR) is 105 cm³/mol. The highest BCUT2D eigenvalue weighted by atomic mass is 32.1. The molecular formula is C19H23N3O2S. The molecule has 0 saturated heterocycles. The average Bonchev–Trinajstić information content (AvgIpc) is 2.60. The van der Waals surface area contributed by atoms with E-state index in [9.17, 15) is 4.79 Å². The Morgan fingerprint density at radius 1 is 1.12 bits per heavy atom. The van der Waals surface area contributed by atoms with Crippen molar-refractivity contribution in [3.05, 3.63) is 60.2 Å². The van der Waals surface area contributed by atoms with E-state index >= 15 is 0 Å². The van der Waals surface area contributed by atoms with Gasteiger partial charge in [0, 0.05) is 25.3 Å². The first kappa shape index (κ1) is 18.7. The Labute approximate surface area is 154 Å². The largest absolute Gasteiger partial charge is 0.491 e. The summed E-state index contributed by atoms with van der Waals surface area (Å²) in [5, 5.41) is 6.79. The molecule has 0 aliphatic rings. The topological polar surface area (TPSA) is 53.6 Å². The molecule has 0 fully saturated rings. The van der Waals surface area contributed by atoms with Gasteiger partial charge in [0.15, 0.2) is 5.11 Å². The monoisotopic (exact) mass is 357 g/mol. The summed E-state index contributed by atoms with van der Waals surface area (Å²) in [6.07, 6.45) is 0. The fourth-order valence-corrected chi connectivity index (χ4v) is 2.44. The van der Waals surface area contributed by atoms with Crippen LogP contribution in [0, 0.1) is 0 Å². The van der Waals surface area contributed by atoms with Crippen LogP contribution in [0.3, 0.4) is 0 Å². The molecule has 2 aromatic rings. The highest BCUT2D eigenvalue weighted by molar-refractivity contribution is 7.80. The van der Waals surface area contributed by atoms with Crippen LogP contribution >= 0.6 is 12.2 Å². The number of amides is 1. The first-order chi connectivity index (χ1) is 12.0. The highest BCUT2D eigenvalue weighted by Crippen LogP contribution is 2.11. The molecule has 0 unspecified atom stereocenters. The van der Waals surface area contributed by atoms with Gasteiger partial charge in [0.2, 0.25) is 0 Å². The van der Waals surface area contributed by atoms with Crippen LogP contribution in [0.4, 0.5) is 5.69 Å². The van der Waals surface area contributed by atoms with Crippen LogP contribution in [0.15, 0.2) is 54.6 Å². The van der Waals surface area contributed by atoms with E-state index in [4.69, 9.17) is 17.0 Å². The van der Waals surface area contributed by atoms with Gasteiger partial charge in [-0.3, -0.25) is 4.79 Å². The van der Waals surface area contributed by atoms with Crippen molar-refractivity contribution in [1.82, 2.24) is 10.2 Å². The molecule has 0 aromatic heterocycles. The number of hydrogen-bond acceptors (Lipinski definition) is 3. The lowest BCUT2D eigenvalue weighted by Gasteiger charge is -2.18. The van der Waals surface area contributed by atoms with Crippen molar-refractivity contribution in [3.8, 4) is 5.75 Å². The second-order valence-corrected chi connectivity index (χ2v) is 6.31. The highest BCUT2D eigenvalue weighted by Gasteiger charge is 2.08. The number of rotatable bonds is 6. The van der Waals surface area contributed by atoms with Crippen molar-refractivity contribution in [2.75, 3.05) is 26.0 Å². The van der Waals surface area contributed by atoms with Gasteiger partial charge in [-0.05, 0) is 55.5 Å². The molecule has 5 nitrogen and oxygen atoms in total. The summed E-state index contributed by atoms with van der Waals surface area (Å²) in [6, 6.07) is 16.9. The van der Waals surface area contributed by atoms with Gasteiger partial charge in [0.25, 0.3) is 5.91 Å². The van der Waals surface area contributed by atoms with E-state index in [0.29, 0.717) is 17.3 Å². The summed E-state index contributed by atoms with van der Waals surface area (Å²) >= 11 is 5.32. The zero-order valence-corrected chi connectivity index (χ0v) is 15.5. The Bertz CT molecular complexity index is 702. The molecule has 1 amide bonds. The van der Waals surface area contributed by atoms with Crippen LogP contribution in [-0.2, 0) is 0 Å². The van der Waals surface area contributed by atoms with Crippen LogP contribution < -0.4 is 15.4 Å². The van der Waals surface area contributed by atoms with Gasteiger partial charge in [-0.1, -0.05) is 18.2 Å². The number of para-hydroxylation sites is 1. The Balaban J connectivity index is 1.80. The number of anilines is 1. The zero-order valence-electron chi connectivity index (χ0n) is 14.7. The molecule has 0 saturated carbocycles. The third-order valence-corrected chi connectivity index (χ3v) is 3.64. The maximum atomic E-state index is 11.9. The maximum Gasteiger partial charge on any atom is 0.253 e. The lowest BCUT2D eigenvalue weighted by Crippen LogP contribution is -2.39. The lowest BCUT2D eigenvalue weighted by atomic mass is 10.2. The van der Waals surface area contributed by atoms with Crippen LogP contribution in [0.5, 0.6) is 5.75 Å². The summed E-state index contributed by atoms with van der Waals surface area (Å²) in [5.74, 6) is 0.801. The molecule has 2 N–H and O–H groups in total. The van der Waals surface area contributed by atoms with E-state index in [1.54, 1.807) is 31.1 Å². The minimum Gasteiger partial charge on any atom is -0.491 e. The number of hydrogen-bond donors (Lipinski definition) is 2. The van der Waals surface area contributed by atoms with Crippen molar-refractivity contribution in [3.63, 3.8) is 0 Å². The van der Waals surface area contributed by atoms with Crippen molar-refractivity contribution in [2.24, 2.45) is 0 Å². The minimum absolute atomic E-state index is 0.0288. The predicted octanol–water partition coefficient (Wildman–Crippen LogP) is 3.14. The number of benzene rings is 2. The summed E-state index contributed by atoms with van der Waals surface area (Å²) < 4.78 is 5.69. The van der Waals surface area contributed by atoms with Gasteiger partial charge >= 0.3 is 0 Å². The number of ether oxygens (including phenoxy) is 1. The van der Waals surface area contributed by atoms with Crippen molar-refractivity contribution in [2.45, 2.75) is 13.0 Å². The van der Waals surface area contributed by atoms with Gasteiger partial charge in [-0.15, -0.1) is 0 Å². The molecule has 6 heteroatoms. The normalized spacial score (nSPS) is 11.3. The van der Waals surface area contributed by atoms with E-state index in [-0.39, 0.29) is 11.9 Å². The fourth-order valence-electron chi connectivity index (χ4n) is 2.12. The second kappa shape index (κ2) is 9.03. The molecular weight excluding hydrogens is 334 g/mol. The van der Waals surface area contributed by atoms with E-state index in [2.05, 4.69) is 10.6 Å². The zero-order chi connectivity index (χ0) is 18.2. The molecule has 25 heavy (non-hydrogen) atoms. The minimum atomic E-state index is -0.0288. The number of carbonyl (C=O) groups is 1. The van der Waals surface area contributed by atoms with Crippen LogP contribution in [0.1, 0.15) is 17.3 Å². The third kappa shape index (κ3) is 6.08. The summed E-state index contributed by atoms with van der Waals surface area (Å²) in [4.78, 5) is 13.4. The van der Waals surface area contributed by atoms with Crippen molar-refractivity contribution in [1.29, 1.82) is 0 Å². The molecule has 132 valence electrons. The fraction of sp³-hybridized carbons (Fsp3) is 0.263. The van der Waals surface area contributed by atoms with Crippen LogP contribution in [0.2, 0.25) is 0 Å². The smallest absolute Gasteiger partial charge is 0.253 e. The quantitative estimate of drug-likeness (QED) is 0.778. The molecule has 0 radical (unpaired) electrons. The first-order valence-electron chi connectivity index (χ1n) is 8.03. The molecule has 2 aromatic carbocycles. The number of nitrogens with one attached hydrogen (secondary N) is 2. The second-order valence-electron chi connectivity index (χ2n) is 5.90. The lowest BCUT2D eigenvalue weighted by molar-refractivity contribution is 0.0827. The molecule has 0 bridgehead atoms. The van der Waals surface area contributed by atoms with Crippen molar-refractivity contribution < 1.29 is 9.53 Å². The van der Waals surface area contributed by atoms with Gasteiger partial charge in [-0.25, -0.2) is 0 Å². The first-order valence-corrected chi connectivity index (χ1v) is 8.43. The summed E-state index contributed by atoms with van der Waals surface area (Å²) in [5.41, 5.74) is 1.46. The van der Waals surface area contributed by atoms with Crippen LogP contribution in [-0.4, -0.2) is 42.7 Å². The standard InChI is InChI=1S/C19H23N3O2S/c1-14(13-24-17-7-5-4-6-8-17)20-19(25)21-16-11-9-15(10-12-16)18(23)22(2)3/h4-12,14H,13H2,1-3H3,(H2,20,21,25)/t14-/m1/s1. The Hall–Kier alpha value is -2.60. The van der Waals surface area contributed by atoms with Crippen molar-refractivity contribution >= 4 is 28.9 Å². The molecule has 0 aliphatic heterocycles. The van der Waals surface area contributed by atoms with E-state index in [0.717, 1.165) is 11.4 Å². The molecule has 2 rings (SSSR count). The number of nitrogens with zero attached hydrogens (tertiary/aromatic N) is 1. The Morgan fingerprint density at radius 2 is 1.76 bits per heavy atom. The Morgan fingerprint density at radius 3 is 2.36 bits per heavy atom. The van der Waals surface area contributed by atoms with Gasteiger partial charge < -0.3 is 20.3 Å². The van der Waals surface area contributed by atoms with Gasteiger partial charge in [0.05, 0.1) is 6.04 Å². The number of carbonyl (C=O) groups excluding carboxylic acids is 1. The summed E-state index contributed by atoms with van der Waals surface area (Å²) in [7, 11) is 3.46. The SMILES string of the molecule is C[C@H](COc1ccccc1)NC(=S)Nc1ccc(C(=O)N(C)C)cc1. The maximum absolute atomic E-state index is 11.9. The van der Waals surface area contributed by atoms with E-state index < -0.39 is 0 Å². The van der Waals surface area contributed by atoms with E-state index in [1.807, 2.05) is 49.4 Å². The van der Waals surface area contributed by atoms with Crippen LogP contribution in [0.25, 0.3) is 0 Å². The molecule has 0 aliphatic carbocycles. The third-order valence-electron chi connectivity index (χ3n) is 3.42. The average molecular weight is 357 g/mol. The van der Waals surface area contributed by atoms with E-state index in [1.165, 1.54) is 0 Å².